The normalized spacial score (nSPS) is 13.5. The highest BCUT2D eigenvalue weighted by Crippen LogP contribution is 2.26. The zero-order valence-electron chi connectivity index (χ0n) is 17.5. The van der Waals surface area contributed by atoms with Crippen LogP contribution in [0.25, 0.3) is 0 Å². The number of ether oxygens (including phenoxy) is 2. The smallest absolute Gasteiger partial charge is 0.191 e. The number of hydrogen-bond acceptors (Lipinski definition) is 5. The molecular formula is C22H31N3O3S. The van der Waals surface area contributed by atoms with Crippen molar-refractivity contribution in [3.63, 3.8) is 0 Å². The molecule has 0 aliphatic carbocycles. The Kier molecular flexibility index (Phi) is 9.67. The highest BCUT2D eigenvalue weighted by molar-refractivity contribution is 8.00. The summed E-state index contributed by atoms with van der Waals surface area (Å²) in [5.74, 6) is 1.96. The fourth-order valence-electron chi connectivity index (χ4n) is 2.66. The van der Waals surface area contributed by atoms with E-state index in [1.54, 1.807) is 32.4 Å². The van der Waals surface area contributed by atoms with Gasteiger partial charge in [0.25, 0.3) is 0 Å². The second-order valence-electron chi connectivity index (χ2n) is 6.50. The van der Waals surface area contributed by atoms with Gasteiger partial charge in [0.1, 0.15) is 11.5 Å². The minimum absolute atomic E-state index is 0.228. The summed E-state index contributed by atoms with van der Waals surface area (Å²) in [5.41, 5.74) is 0.703. The maximum Gasteiger partial charge on any atom is 0.191 e. The largest absolute Gasteiger partial charge is 0.497 e. The minimum Gasteiger partial charge on any atom is -0.497 e. The second kappa shape index (κ2) is 12.2. The van der Waals surface area contributed by atoms with Crippen LogP contribution in [0.1, 0.15) is 25.5 Å². The summed E-state index contributed by atoms with van der Waals surface area (Å²) < 4.78 is 10.5. The van der Waals surface area contributed by atoms with Crippen LogP contribution >= 0.6 is 11.8 Å². The fourth-order valence-corrected chi connectivity index (χ4v) is 3.61. The van der Waals surface area contributed by atoms with Crippen LogP contribution in [0, 0.1) is 0 Å². The van der Waals surface area contributed by atoms with Crippen molar-refractivity contribution in [3.8, 4) is 11.5 Å². The molecule has 0 radical (unpaired) electrons. The van der Waals surface area contributed by atoms with Crippen molar-refractivity contribution >= 4 is 17.7 Å². The van der Waals surface area contributed by atoms with Crippen LogP contribution in [0.4, 0.5) is 0 Å². The zero-order valence-corrected chi connectivity index (χ0v) is 18.3. The molecule has 0 saturated heterocycles. The Labute approximate surface area is 177 Å². The van der Waals surface area contributed by atoms with Gasteiger partial charge in [0.15, 0.2) is 5.96 Å². The lowest BCUT2D eigenvalue weighted by atomic mass is 10.1. The third-order valence-corrected chi connectivity index (χ3v) is 5.28. The van der Waals surface area contributed by atoms with Crippen molar-refractivity contribution in [2.24, 2.45) is 4.99 Å². The molecule has 0 aliphatic rings. The molecular weight excluding hydrogens is 386 g/mol. The van der Waals surface area contributed by atoms with E-state index < -0.39 is 6.10 Å². The number of methoxy groups -OCH3 is 2. The summed E-state index contributed by atoms with van der Waals surface area (Å²) in [4.78, 5) is 5.78. The maximum atomic E-state index is 10.6. The van der Waals surface area contributed by atoms with Gasteiger partial charge in [-0.05, 0) is 36.8 Å². The number of guanidine groups is 1. The molecule has 2 aromatic rings. The number of nitrogens with zero attached hydrogens (tertiary/aromatic N) is 1. The van der Waals surface area contributed by atoms with Crippen LogP contribution in [-0.4, -0.2) is 50.2 Å². The predicted molar refractivity (Wildman–Crippen MR) is 120 cm³/mol. The van der Waals surface area contributed by atoms with E-state index in [9.17, 15) is 5.11 Å². The Bertz CT molecular complexity index is 749. The molecule has 7 heteroatoms. The van der Waals surface area contributed by atoms with E-state index in [0.717, 1.165) is 13.1 Å². The third-order valence-electron chi connectivity index (χ3n) is 4.16. The van der Waals surface area contributed by atoms with E-state index in [1.807, 2.05) is 36.9 Å². The van der Waals surface area contributed by atoms with Gasteiger partial charge in [0.05, 0.1) is 26.9 Å². The Morgan fingerprint density at radius 1 is 1.07 bits per heavy atom. The molecule has 0 amide bonds. The number of thioether (sulfide) groups is 1. The van der Waals surface area contributed by atoms with Gasteiger partial charge >= 0.3 is 0 Å². The maximum absolute atomic E-state index is 10.6. The summed E-state index contributed by atoms with van der Waals surface area (Å²) in [6.45, 7) is 5.92. The summed E-state index contributed by atoms with van der Waals surface area (Å²) >= 11 is 1.81. The van der Waals surface area contributed by atoms with Crippen molar-refractivity contribution in [1.29, 1.82) is 0 Å². The van der Waals surface area contributed by atoms with Gasteiger partial charge in [0.2, 0.25) is 0 Å². The van der Waals surface area contributed by atoms with Crippen molar-refractivity contribution in [1.82, 2.24) is 10.6 Å². The van der Waals surface area contributed by atoms with Gasteiger partial charge in [-0.1, -0.05) is 25.1 Å². The Morgan fingerprint density at radius 2 is 1.72 bits per heavy atom. The summed E-state index contributed by atoms with van der Waals surface area (Å²) in [5, 5.41) is 17.5. The number of aliphatic imine (C=N–C) groups is 1. The minimum atomic E-state index is -0.759. The number of aliphatic hydroxyl groups is 1. The Balaban J connectivity index is 1.95. The molecule has 0 spiro atoms. The van der Waals surface area contributed by atoms with Gasteiger partial charge in [-0.3, -0.25) is 4.99 Å². The van der Waals surface area contributed by atoms with Crippen molar-refractivity contribution in [3.05, 3.63) is 54.1 Å². The van der Waals surface area contributed by atoms with Crippen LogP contribution in [-0.2, 0) is 0 Å². The zero-order chi connectivity index (χ0) is 21.1. The lowest BCUT2D eigenvalue weighted by molar-refractivity contribution is 0.186. The molecule has 29 heavy (non-hydrogen) atoms. The average molecular weight is 418 g/mol. The molecule has 2 rings (SSSR count). The van der Waals surface area contributed by atoms with Crippen molar-refractivity contribution < 1.29 is 14.6 Å². The Hall–Kier alpha value is -2.38. The van der Waals surface area contributed by atoms with Crippen LogP contribution in [0.3, 0.4) is 0 Å². The highest BCUT2D eigenvalue weighted by atomic mass is 32.2. The summed E-state index contributed by atoms with van der Waals surface area (Å²) in [6, 6.07) is 15.7. The molecule has 3 N–H and O–H groups in total. The van der Waals surface area contributed by atoms with Crippen molar-refractivity contribution in [2.75, 3.05) is 33.9 Å². The monoisotopic (exact) mass is 417 g/mol. The van der Waals surface area contributed by atoms with Crippen molar-refractivity contribution in [2.45, 2.75) is 30.1 Å². The molecule has 2 unspecified atom stereocenters. The van der Waals surface area contributed by atoms with Crippen LogP contribution in [0.2, 0.25) is 0 Å². The molecule has 158 valence electrons. The number of nitrogens with one attached hydrogen (secondary N) is 2. The first-order valence-electron chi connectivity index (χ1n) is 9.70. The summed E-state index contributed by atoms with van der Waals surface area (Å²) in [6.07, 6.45) is -0.759. The predicted octanol–water partition coefficient (Wildman–Crippen LogP) is 3.47. The Morgan fingerprint density at radius 3 is 2.31 bits per heavy atom. The molecule has 6 nitrogen and oxygen atoms in total. The molecule has 0 saturated carbocycles. The number of rotatable bonds is 10. The van der Waals surface area contributed by atoms with E-state index in [1.165, 1.54) is 4.90 Å². The third kappa shape index (κ3) is 7.87. The van der Waals surface area contributed by atoms with Crippen LogP contribution < -0.4 is 20.1 Å². The van der Waals surface area contributed by atoms with Crippen LogP contribution in [0.5, 0.6) is 11.5 Å². The number of aliphatic hydroxyl groups excluding tert-OH is 1. The van der Waals surface area contributed by atoms with Gasteiger partial charge < -0.3 is 25.2 Å². The molecule has 0 fully saturated rings. The van der Waals surface area contributed by atoms with E-state index in [4.69, 9.17) is 9.47 Å². The van der Waals surface area contributed by atoms with E-state index in [0.29, 0.717) is 28.3 Å². The van der Waals surface area contributed by atoms with Crippen LogP contribution in [0.15, 0.2) is 58.4 Å². The van der Waals surface area contributed by atoms with Gasteiger partial charge in [-0.25, -0.2) is 0 Å². The topological polar surface area (TPSA) is 75.1 Å². The second-order valence-corrected chi connectivity index (χ2v) is 8.02. The summed E-state index contributed by atoms with van der Waals surface area (Å²) in [7, 11) is 3.18. The SMILES string of the molecule is CCNC(=NCC(O)c1cc(OC)cc(OC)c1)NCC(C)Sc1ccccc1. The molecule has 0 bridgehead atoms. The highest BCUT2D eigenvalue weighted by Gasteiger charge is 2.12. The van der Waals surface area contributed by atoms with E-state index in [-0.39, 0.29) is 6.54 Å². The molecule has 0 aliphatic heterocycles. The molecule has 0 heterocycles. The first kappa shape index (κ1) is 22.9. The fraction of sp³-hybridized carbons (Fsp3) is 0.409. The first-order valence-corrected chi connectivity index (χ1v) is 10.6. The lowest BCUT2D eigenvalue weighted by Gasteiger charge is -2.17. The quantitative estimate of drug-likeness (QED) is 0.312. The van der Waals surface area contributed by atoms with E-state index in [2.05, 4.69) is 34.7 Å². The van der Waals surface area contributed by atoms with Gasteiger partial charge in [-0.15, -0.1) is 11.8 Å². The van der Waals surface area contributed by atoms with Gasteiger partial charge in [-0.2, -0.15) is 0 Å². The average Bonchev–Trinajstić information content (AvgIpc) is 2.75. The molecule has 0 aromatic heterocycles. The van der Waals surface area contributed by atoms with Gasteiger partial charge in [0, 0.05) is 29.3 Å². The molecule has 2 atom stereocenters. The standard InChI is InChI=1S/C22H31N3O3S/c1-5-23-22(24-14-16(2)29-20-9-7-6-8-10-20)25-15-21(26)17-11-18(27-3)13-19(12-17)28-4/h6-13,16,21,26H,5,14-15H2,1-4H3,(H2,23,24,25). The van der Waals surface area contributed by atoms with E-state index >= 15 is 0 Å². The molecule has 2 aromatic carbocycles. The first-order chi connectivity index (χ1) is 14.0. The lowest BCUT2D eigenvalue weighted by Crippen LogP contribution is -2.40. The number of benzene rings is 2. The number of hydrogen-bond donors (Lipinski definition) is 3.